The van der Waals surface area contributed by atoms with Gasteiger partial charge < -0.3 is 10.6 Å². The molecule has 110 valence electrons. The second-order valence-electron chi connectivity index (χ2n) is 5.40. The molecule has 0 spiro atoms. The number of nitrogens with zero attached hydrogens (tertiary/aromatic N) is 1. The van der Waals surface area contributed by atoms with E-state index < -0.39 is 0 Å². The molecule has 1 aromatic rings. The fraction of sp³-hybridized carbons (Fsp3) is 0.562. The molecule has 0 aromatic heterocycles. The molecule has 1 atom stereocenters. The number of halogens is 1. The molecule has 1 saturated heterocycles. The third-order valence-corrected chi connectivity index (χ3v) is 4.39. The topological polar surface area (TPSA) is 46.3 Å². The number of amides is 1. The molecule has 1 fully saturated rings. The Bertz CT molecular complexity index is 450. The number of carbonyl (C=O) groups is 1. The fourth-order valence-electron chi connectivity index (χ4n) is 2.87. The van der Waals surface area contributed by atoms with E-state index in [1.54, 1.807) is 0 Å². The summed E-state index contributed by atoms with van der Waals surface area (Å²) in [6.45, 7) is 1.62. The Morgan fingerprint density at radius 1 is 1.35 bits per heavy atom. The minimum atomic E-state index is 0.259. The molecular weight excluding hydrogens is 316 g/mol. The van der Waals surface area contributed by atoms with Crippen molar-refractivity contribution in [3.63, 3.8) is 0 Å². The van der Waals surface area contributed by atoms with Crippen LogP contribution in [0.2, 0.25) is 0 Å². The summed E-state index contributed by atoms with van der Waals surface area (Å²) < 4.78 is 1.08. The van der Waals surface area contributed by atoms with Crippen molar-refractivity contribution in [1.82, 2.24) is 4.90 Å². The zero-order valence-corrected chi connectivity index (χ0v) is 13.4. The summed E-state index contributed by atoms with van der Waals surface area (Å²) in [5.41, 5.74) is 6.72. The van der Waals surface area contributed by atoms with Crippen LogP contribution in [0.3, 0.4) is 0 Å². The van der Waals surface area contributed by atoms with Gasteiger partial charge in [-0.05, 0) is 49.9 Å². The predicted octanol–water partition coefficient (Wildman–Crippen LogP) is 3.63. The molecule has 0 bridgehead atoms. The lowest BCUT2D eigenvalue weighted by Gasteiger charge is -2.25. The molecule has 0 saturated carbocycles. The number of hydrogen-bond acceptors (Lipinski definition) is 2. The molecular formula is C16H23BrN2O. The summed E-state index contributed by atoms with van der Waals surface area (Å²) in [4.78, 5) is 14.4. The summed E-state index contributed by atoms with van der Waals surface area (Å²) in [5.74, 6) is 0.296. The monoisotopic (exact) mass is 338 g/mol. The molecule has 4 heteroatoms. The van der Waals surface area contributed by atoms with Gasteiger partial charge in [-0.1, -0.05) is 34.5 Å². The van der Waals surface area contributed by atoms with E-state index in [4.69, 9.17) is 5.73 Å². The van der Waals surface area contributed by atoms with Crippen molar-refractivity contribution in [3.05, 3.63) is 34.3 Å². The standard InChI is InChI=1S/C16H23BrN2O/c17-14-7-4-6-13(12-14)15-8-5-11-19(15)16(20)9-2-1-3-10-18/h4,6-7,12,15H,1-3,5,8-11,18H2. The van der Waals surface area contributed by atoms with Crippen LogP contribution in [0, 0.1) is 0 Å². The first-order valence-corrected chi connectivity index (χ1v) is 8.26. The van der Waals surface area contributed by atoms with E-state index in [1.165, 1.54) is 5.56 Å². The normalized spacial score (nSPS) is 18.5. The molecule has 1 heterocycles. The van der Waals surface area contributed by atoms with E-state index in [2.05, 4.69) is 33.0 Å². The number of carbonyl (C=O) groups excluding carboxylic acids is 1. The maximum Gasteiger partial charge on any atom is 0.223 e. The van der Waals surface area contributed by atoms with Gasteiger partial charge in [-0.25, -0.2) is 0 Å². The highest BCUT2D eigenvalue weighted by Gasteiger charge is 2.29. The lowest BCUT2D eigenvalue weighted by Crippen LogP contribution is -2.30. The highest BCUT2D eigenvalue weighted by molar-refractivity contribution is 9.10. The molecule has 2 N–H and O–H groups in total. The number of benzene rings is 1. The van der Waals surface area contributed by atoms with Crippen molar-refractivity contribution in [3.8, 4) is 0 Å². The lowest BCUT2D eigenvalue weighted by molar-refractivity contribution is -0.132. The van der Waals surface area contributed by atoms with E-state index in [0.717, 1.165) is 49.7 Å². The Kier molecular flexibility index (Phi) is 6.05. The Labute approximate surface area is 129 Å². The molecule has 20 heavy (non-hydrogen) atoms. The van der Waals surface area contributed by atoms with Crippen LogP contribution in [0.5, 0.6) is 0 Å². The van der Waals surface area contributed by atoms with E-state index in [-0.39, 0.29) is 6.04 Å². The molecule has 3 nitrogen and oxygen atoms in total. The maximum absolute atomic E-state index is 12.4. The number of nitrogens with two attached hydrogens (primary N) is 1. The van der Waals surface area contributed by atoms with E-state index in [9.17, 15) is 4.79 Å². The second kappa shape index (κ2) is 7.79. The third-order valence-electron chi connectivity index (χ3n) is 3.90. The summed E-state index contributed by atoms with van der Waals surface area (Å²) in [5, 5.41) is 0. The smallest absolute Gasteiger partial charge is 0.223 e. The molecule has 2 rings (SSSR count). The highest BCUT2D eigenvalue weighted by Crippen LogP contribution is 2.33. The van der Waals surface area contributed by atoms with Crippen LogP contribution in [0.15, 0.2) is 28.7 Å². The van der Waals surface area contributed by atoms with Gasteiger partial charge in [-0.3, -0.25) is 4.79 Å². The predicted molar refractivity (Wildman–Crippen MR) is 85.4 cm³/mol. The van der Waals surface area contributed by atoms with Crippen LogP contribution in [-0.4, -0.2) is 23.9 Å². The van der Waals surface area contributed by atoms with E-state index in [1.807, 2.05) is 12.1 Å². The summed E-state index contributed by atoms with van der Waals surface area (Å²) >= 11 is 3.51. The Balaban J connectivity index is 1.95. The van der Waals surface area contributed by atoms with Crippen molar-refractivity contribution >= 4 is 21.8 Å². The minimum Gasteiger partial charge on any atom is -0.336 e. The molecule has 0 aliphatic carbocycles. The maximum atomic E-state index is 12.4. The molecule has 1 aliphatic rings. The minimum absolute atomic E-state index is 0.259. The first-order chi connectivity index (χ1) is 9.72. The average Bonchev–Trinajstić information content (AvgIpc) is 2.93. The molecule has 1 amide bonds. The highest BCUT2D eigenvalue weighted by atomic mass is 79.9. The van der Waals surface area contributed by atoms with Gasteiger partial charge in [0.2, 0.25) is 5.91 Å². The van der Waals surface area contributed by atoms with Gasteiger partial charge in [0.25, 0.3) is 0 Å². The summed E-state index contributed by atoms with van der Waals surface area (Å²) in [6.07, 6.45) is 5.86. The van der Waals surface area contributed by atoms with Crippen molar-refractivity contribution in [1.29, 1.82) is 0 Å². The molecule has 1 aliphatic heterocycles. The average molecular weight is 339 g/mol. The third kappa shape index (κ3) is 4.06. The van der Waals surface area contributed by atoms with Gasteiger partial charge >= 0.3 is 0 Å². The Hall–Kier alpha value is -0.870. The van der Waals surface area contributed by atoms with Gasteiger partial charge in [0.05, 0.1) is 6.04 Å². The molecule has 1 aromatic carbocycles. The molecule has 0 radical (unpaired) electrons. The number of rotatable bonds is 6. The zero-order chi connectivity index (χ0) is 14.4. The lowest BCUT2D eigenvalue weighted by atomic mass is 10.0. The van der Waals surface area contributed by atoms with E-state index >= 15 is 0 Å². The summed E-state index contributed by atoms with van der Waals surface area (Å²) in [7, 11) is 0. The van der Waals surface area contributed by atoms with Crippen LogP contribution in [0.1, 0.15) is 50.1 Å². The van der Waals surface area contributed by atoms with Gasteiger partial charge in [-0.2, -0.15) is 0 Å². The Morgan fingerprint density at radius 2 is 2.20 bits per heavy atom. The first-order valence-electron chi connectivity index (χ1n) is 7.47. The number of unbranched alkanes of at least 4 members (excludes halogenated alkanes) is 2. The van der Waals surface area contributed by atoms with E-state index in [0.29, 0.717) is 12.3 Å². The van der Waals surface area contributed by atoms with Crippen LogP contribution < -0.4 is 5.73 Å². The quantitative estimate of drug-likeness (QED) is 0.805. The number of hydrogen-bond donors (Lipinski definition) is 1. The van der Waals surface area contributed by atoms with Gasteiger partial charge in [0.15, 0.2) is 0 Å². The SMILES string of the molecule is NCCCCCC(=O)N1CCCC1c1cccc(Br)c1. The summed E-state index contributed by atoms with van der Waals surface area (Å²) in [6, 6.07) is 8.58. The van der Waals surface area contributed by atoms with Crippen molar-refractivity contribution in [2.75, 3.05) is 13.1 Å². The second-order valence-corrected chi connectivity index (χ2v) is 6.32. The number of likely N-dealkylation sites (tertiary alicyclic amines) is 1. The first kappa shape index (κ1) is 15.5. The van der Waals surface area contributed by atoms with Crippen molar-refractivity contribution < 1.29 is 4.79 Å². The molecule has 1 unspecified atom stereocenters. The van der Waals surface area contributed by atoms with Crippen molar-refractivity contribution in [2.24, 2.45) is 5.73 Å². The van der Waals surface area contributed by atoms with Crippen molar-refractivity contribution in [2.45, 2.75) is 44.6 Å². The largest absolute Gasteiger partial charge is 0.336 e. The zero-order valence-electron chi connectivity index (χ0n) is 11.9. The van der Waals surface area contributed by atoms with Gasteiger partial charge in [-0.15, -0.1) is 0 Å². The Morgan fingerprint density at radius 3 is 2.95 bits per heavy atom. The van der Waals surface area contributed by atoms with Crippen LogP contribution in [-0.2, 0) is 4.79 Å². The van der Waals surface area contributed by atoms with Gasteiger partial charge in [0, 0.05) is 17.4 Å². The van der Waals surface area contributed by atoms with Crippen LogP contribution >= 0.6 is 15.9 Å². The van der Waals surface area contributed by atoms with Crippen LogP contribution in [0.4, 0.5) is 0 Å². The fourth-order valence-corrected chi connectivity index (χ4v) is 3.28. The van der Waals surface area contributed by atoms with Crippen LogP contribution in [0.25, 0.3) is 0 Å². The van der Waals surface area contributed by atoms with Gasteiger partial charge in [0.1, 0.15) is 0 Å².